The van der Waals surface area contributed by atoms with Crippen molar-refractivity contribution in [2.24, 2.45) is 5.41 Å². The maximum atomic E-state index is 13.6. The van der Waals surface area contributed by atoms with Crippen molar-refractivity contribution in [1.29, 1.82) is 0 Å². The highest BCUT2D eigenvalue weighted by molar-refractivity contribution is 7.98. The molecule has 0 saturated carbocycles. The predicted molar refractivity (Wildman–Crippen MR) is 129 cm³/mol. The molecular formula is C25H30N2O5S. The van der Waals surface area contributed by atoms with E-state index in [1.807, 2.05) is 39.2 Å². The van der Waals surface area contributed by atoms with E-state index < -0.39 is 23.5 Å². The second-order valence-electron chi connectivity index (χ2n) is 9.17. The van der Waals surface area contributed by atoms with E-state index in [1.54, 1.807) is 12.1 Å². The second kappa shape index (κ2) is 9.95. The van der Waals surface area contributed by atoms with Crippen LogP contribution in [0.4, 0.5) is 0 Å². The highest BCUT2D eigenvalue weighted by atomic mass is 32.2. The van der Waals surface area contributed by atoms with Crippen LogP contribution in [-0.2, 0) is 16.0 Å². The molecule has 0 aliphatic heterocycles. The summed E-state index contributed by atoms with van der Waals surface area (Å²) in [7, 11) is 1.25. The van der Waals surface area contributed by atoms with E-state index in [2.05, 4.69) is 5.32 Å². The number of esters is 1. The van der Waals surface area contributed by atoms with Gasteiger partial charge in [-0.25, -0.2) is 4.79 Å². The number of fused-ring (bicyclic) bond motifs is 1. The maximum Gasteiger partial charge on any atom is 0.328 e. The highest BCUT2D eigenvalue weighted by Crippen LogP contribution is 2.35. The molecule has 1 aliphatic carbocycles. The first kappa shape index (κ1) is 24.8. The van der Waals surface area contributed by atoms with Gasteiger partial charge in [0.15, 0.2) is 5.78 Å². The molecular weight excluding hydrogens is 440 g/mol. The zero-order chi connectivity index (χ0) is 24.3. The molecule has 1 unspecified atom stereocenters. The lowest BCUT2D eigenvalue weighted by Crippen LogP contribution is -2.45. The van der Waals surface area contributed by atoms with Gasteiger partial charge in [0, 0.05) is 23.4 Å². The van der Waals surface area contributed by atoms with E-state index in [9.17, 15) is 19.2 Å². The van der Waals surface area contributed by atoms with Crippen LogP contribution < -0.4 is 10.9 Å². The molecule has 0 spiro atoms. The zero-order valence-corrected chi connectivity index (χ0v) is 20.5. The van der Waals surface area contributed by atoms with Crippen molar-refractivity contribution in [3.8, 4) is 5.69 Å². The van der Waals surface area contributed by atoms with Crippen molar-refractivity contribution in [3.63, 3.8) is 0 Å². The number of carbonyl (C=O) groups excluding carboxylic acids is 3. The minimum Gasteiger partial charge on any atom is -0.467 e. The quantitative estimate of drug-likeness (QED) is 0.624. The Labute approximate surface area is 197 Å². The van der Waals surface area contributed by atoms with Gasteiger partial charge in [0.1, 0.15) is 11.6 Å². The molecule has 7 nitrogen and oxygen atoms in total. The zero-order valence-electron chi connectivity index (χ0n) is 19.7. The van der Waals surface area contributed by atoms with Crippen LogP contribution in [0.1, 0.15) is 58.7 Å². The van der Waals surface area contributed by atoms with Gasteiger partial charge >= 0.3 is 5.97 Å². The Kier molecular flexibility index (Phi) is 7.47. The molecule has 0 bridgehead atoms. The number of hydrogen-bond acceptors (Lipinski definition) is 6. The number of aryl methyl sites for hydroxylation is 1. The van der Waals surface area contributed by atoms with Crippen molar-refractivity contribution in [2.45, 2.75) is 46.1 Å². The summed E-state index contributed by atoms with van der Waals surface area (Å²) in [5.74, 6) is -0.751. The van der Waals surface area contributed by atoms with E-state index in [1.165, 1.54) is 29.5 Å². The Morgan fingerprint density at radius 1 is 1.18 bits per heavy atom. The van der Waals surface area contributed by atoms with E-state index in [4.69, 9.17) is 4.74 Å². The van der Waals surface area contributed by atoms with Gasteiger partial charge in [0.05, 0.1) is 7.11 Å². The molecule has 1 amide bonds. The number of pyridine rings is 1. The van der Waals surface area contributed by atoms with Gasteiger partial charge in [-0.15, -0.1) is 0 Å². The van der Waals surface area contributed by atoms with Gasteiger partial charge in [0.25, 0.3) is 11.5 Å². The average Bonchev–Trinajstić information content (AvgIpc) is 2.75. The number of ether oxygens (including phenoxy) is 1. The van der Waals surface area contributed by atoms with Crippen LogP contribution in [0.2, 0.25) is 0 Å². The van der Waals surface area contributed by atoms with E-state index in [0.717, 1.165) is 5.56 Å². The lowest BCUT2D eigenvalue weighted by molar-refractivity contribution is -0.142. The molecule has 176 valence electrons. The van der Waals surface area contributed by atoms with Crippen molar-refractivity contribution in [2.75, 3.05) is 19.1 Å². The van der Waals surface area contributed by atoms with Gasteiger partial charge < -0.3 is 10.1 Å². The van der Waals surface area contributed by atoms with Gasteiger partial charge in [-0.2, -0.15) is 11.8 Å². The number of rotatable bonds is 7. The number of nitrogens with zero attached hydrogens (tertiary/aromatic N) is 1. The highest BCUT2D eigenvalue weighted by Gasteiger charge is 2.35. The summed E-state index contributed by atoms with van der Waals surface area (Å²) in [5.41, 5.74) is 1.61. The molecule has 0 fully saturated rings. The normalized spacial score (nSPS) is 15.5. The Morgan fingerprint density at radius 3 is 2.45 bits per heavy atom. The summed E-state index contributed by atoms with van der Waals surface area (Å²) in [6.45, 7) is 5.93. The average molecular weight is 471 g/mol. The summed E-state index contributed by atoms with van der Waals surface area (Å²) < 4.78 is 6.28. The fourth-order valence-electron chi connectivity index (χ4n) is 4.11. The van der Waals surface area contributed by atoms with Crippen molar-refractivity contribution in [1.82, 2.24) is 9.88 Å². The smallest absolute Gasteiger partial charge is 0.328 e. The van der Waals surface area contributed by atoms with Crippen LogP contribution in [0.25, 0.3) is 5.69 Å². The summed E-state index contributed by atoms with van der Waals surface area (Å²) >= 11 is 1.53. The SMILES string of the molecule is COC(=O)C(CCSC)NC(=O)c1cc2c(n(-c3ccc(C)cc3)c1=O)CC(C)(C)CC2=O. The first-order chi connectivity index (χ1) is 15.6. The monoisotopic (exact) mass is 470 g/mol. The number of hydrogen-bond donors (Lipinski definition) is 1. The molecule has 1 heterocycles. The lowest BCUT2D eigenvalue weighted by atomic mass is 9.75. The third kappa shape index (κ3) is 5.38. The molecule has 2 aromatic rings. The lowest BCUT2D eigenvalue weighted by Gasteiger charge is -2.32. The van der Waals surface area contributed by atoms with Crippen LogP contribution in [0.15, 0.2) is 35.1 Å². The predicted octanol–water partition coefficient (Wildman–Crippen LogP) is 3.33. The number of thioether (sulfide) groups is 1. The molecule has 1 aliphatic rings. The minimum absolute atomic E-state index is 0.108. The molecule has 0 radical (unpaired) electrons. The van der Waals surface area contributed by atoms with E-state index in [-0.39, 0.29) is 16.8 Å². The summed E-state index contributed by atoms with van der Waals surface area (Å²) in [4.78, 5) is 51.9. The first-order valence-electron chi connectivity index (χ1n) is 10.8. The Morgan fingerprint density at radius 2 is 1.85 bits per heavy atom. The van der Waals surface area contributed by atoms with Crippen molar-refractivity contribution in [3.05, 3.63) is 63.1 Å². The summed E-state index contributed by atoms with van der Waals surface area (Å²) in [5, 5.41) is 2.63. The number of ketones is 1. The molecule has 0 saturated heterocycles. The number of benzene rings is 1. The maximum absolute atomic E-state index is 13.6. The van der Waals surface area contributed by atoms with Crippen LogP contribution in [0, 0.1) is 12.3 Å². The number of carbonyl (C=O) groups is 3. The van der Waals surface area contributed by atoms with Crippen LogP contribution in [0.5, 0.6) is 0 Å². The summed E-state index contributed by atoms with van der Waals surface area (Å²) in [6.07, 6.45) is 3.11. The third-order valence-electron chi connectivity index (χ3n) is 5.83. The number of Topliss-reactive ketones (excluding diaryl/α,β-unsaturated/α-hetero) is 1. The number of amides is 1. The van der Waals surface area contributed by atoms with Gasteiger partial charge in [0.2, 0.25) is 0 Å². The Bertz CT molecular complexity index is 1130. The number of nitrogens with one attached hydrogen (secondary N) is 1. The molecule has 8 heteroatoms. The topological polar surface area (TPSA) is 94.5 Å². The fraction of sp³-hybridized carbons (Fsp3) is 0.440. The Hall–Kier alpha value is -2.87. The van der Waals surface area contributed by atoms with Crippen molar-refractivity contribution >= 4 is 29.4 Å². The summed E-state index contributed by atoms with van der Waals surface area (Å²) in [6, 6.07) is 7.88. The van der Waals surface area contributed by atoms with Gasteiger partial charge in [-0.3, -0.25) is 19.0 Å². The van der Waals surface area contributed by atoms with E-state index >= 15 is 0 Å². The number of methoxy groups -OCH3 is 1. The molecule has 1 aromatic carbocycles. The second-order valence-corrected chi connectivity index (χ2v) is 10.2. The van der Waals surface area contributed by atoms with E-state index in [0.29, 0.717) is 42.0 Å². The first-order valence-corrected chi connectivity index (χ1v) is 12.2. The number of aromatic nitrogens is 1. The van der Waals surface area contributed by atoms with Crippen molar-refractivity contribution < 1.29 is 19.1 Å². The minimum atomic E-state index is -0.882. The molecule has 1 aromatic heterocycles. The molecule has 33 heavy (non-hydrogen) atoms. The molecule has 1 N–H and O–H groups in total. The van der Waals surface area contributed by atoms with Gasteiger partial charge in [-0.1, -0.05) is 31.5 Å². The third-order valence-corrected chi connectivity index (χ3v) is 6.47. The van der Waals surface area contributed by atoms with Crippen LogP contribution >= 0.6 is 11.8 Å². The van der Waals surface area contributed by atoms with Crippen LogP contribution in [-0.4, -0.2) is 47.4 Å². The fourth-order valence-corrected chi connectivity index (χ4v) is 4.58. The van der Waals surface area contributed by atoms with Crippen LogP contribution in [0.3, 0.4) is 0 Å². The largest absolute Gasteiger partial charge is 0.467 e. The molecule has 1 atom stereocenters. The Balaban J connectivity index is 2.14. The molecule has 3 rings (SSSR count). The standard InChI is InChI=1S/C25H30N2O5S/c1-15-6-8-16(9-7-15)27-20-13-25(2,3)14-21(28)17(20)12-18(23(27)30)22(29)26-19(10-11-33-5)24(31)32-4/h6-9,12,19H,10-11,13-14H2,1-5H3,(H,26,29). The van der Waals surface area contributed by atoms with Gasteiger partial charge in [-0.05, 0) is 55.4 Å².